The van der Waals surface area contributed by atoms with E-state index >= 15 is 0 Å². The molecule has 0 bridgehead atoms. The van der Waals surface area contributed by atoms with E-state index in [1.807, 2.05) is 0 Å². The Balaban J connectivity index is 1.24. The molecule has 0 atom stereocenters. The minimum absolute atomic E-state index is 0.0434. The Morgan fingerprint density at radius 2 is 1.79 bits per heavy atom. The lowest BCUT2D eigenvalue weighted by Crippen LogP contribution is -2.47. The third-order valence-corrected chi connectivity index (χ3v) is 6.07. The zero-order valence-electron chi connectivity index (χ0n) is 19.5. The number of hydrogen-bond donors (Lipinski definition) is 1. The Kier molecular flexibility index (Phi) is 7.17. The molecule has 34 heavy (non-hydrogen) atoms. The van der Waals surface area contributed by atoms with Gasteiger partial charge in [-0.05, 0) is 50.6 Å². The Morgan fingerprint density at radius 1 is 1.06 bits per heavy atom. The number of nitro benzene ring substituents is 1. The molecule has 1 N–H and O–H groups in total. The van der Waals surface area contributed by atoms with Crippen molar-refractivity contribution in [2.24, 2.45) is 0 Å². The van der Waals surface area contributed by atoms with Gasteiger partial charge in [-0.2, -0.15) is 0 Å². The summed E-state index contributed by atoms with van der Waals surface area (Å²) in [5, 5.41) is 22.0. The van der Waals surface area contributed by atoms with Gasteiger partial charge < -0.3 is 10.2 Å². The number of non-ortho nitro benzene ring substituents is 1. The Morgan fingerprint density at radius 3 is 2.53 bits per heavy atom. The molecule has 2 heterocycles. The number of amides is 1. The van der Waals surface area contributed by atoms with Gasteiger partial charge in [0, 0.05) is 50.5 Å². The van der Waals surface area contributed by atoms with E-state index in [9.17, 15) is 14.9 Å². The van der Waals surface area contributed by atoms with Crippen LogP contribution in [0.15, 0.2) is 48.5 Å². The highest BCUT2D eigenvalue weighted by atomic mass is 16.6. The number of nitro groups is 1. The van der Waals surface area contributed by atoms with Crippen molar-refractivity contribution in [1.82, 2.24) is 25.2 Å². The molecule has 1 amide bonds. The lowest BCUT2D eigenvalue weighted by Gasteiger charge is -2.36. The maximum Gasteiger partial charge on any atom is 0.273 e. The summed E-state index contributed by atoms with van der Waals surface area (Å²) in [6.45, 7) is 9.29. The molecule has 0 aliphatic carbocycles. The van der Waals surface area contributed by atoms with Crippen molar-refractivity contribution in [3.63, 3.8) is 0 Å². The van der Waals surface area contributed by atoms with Gasteiger partial charge >= 0.3 is 0 Å². The second-order valence-corrected chi connectivity index (χ2v) is 8.49. The predicted octanol–water partition coefficient (Wildman–Crippen LogP) is 2.73. The molecular formula is C24H29N7O3. The number of piperazine rings is 1. The van der Waals surface area contributed by atoms with Gasteiger partial charge in [0.05, 0.1) is 16.3 Å². The molecule has 4 rings (SSSR count). The van der Waals surface area contributed by atoms with E-state index in [1.165, 1.54) is 28.1 Å². The number of nitrogens with zero attached hydrogens (tertiary/aromatic N) is 6. The highest BCUT2D eigenvalue weighted by molar-refractivity contribution is 5.93. The number of nitrogens with one attached hydrogen (secondary N) is 1. The summed E-state index contributed by atoms with van der Waals surface area (Å²) in [4.78, 5) is 28.0. The van der Waals surface area contributed by atoms with Crippen molar-refractivity contribution in [3.05, 3.63) is 75.6 Å². The molecule has 10 heteroatoms. The van der Waals surface area contributed by atoms with Gasteiger partial charge in [0.2, 0.25) is 0 Å². The standard InChI is InChI=1S/C24H29N7O3/c1-18-6-3-7-20(16-18)29-14-12-28(13-15-29)11-5-10-25-24(32)23-19(2)30(27-26-23)21-8-4-9-22(17-21)31(33)34/h3-4,6-9,16-17H,5,10-15H2,1-2H3,(H,25,32). The predicted molar refractivity (Wildman–Crippen MR) is 130 cm³/mol. The number of rotatable bonds is 8. The van der Waals surface area contributed by atoms with E-state index in [0.29, 0.717) is 17.9 Å². The zero-order valence-corrected chi connectivity index (χ0v) is 19.5. The molecule has 0 saturated carbocycles. The van der Waals surface area contributed by atoms with Crippen LogP contribution in [-0.4, -0.2) is 70.0 Å². The van der Waals surface area contributed by atoms with Crippen LogP contribution in [0.25, 0.3) is 5.69 Å². The fraction of sp³-hybridized carbons (Fsp3) is 0.375. The normalized spacial score (nSPS) is 14.2. The van der Waals surface area contributed by atoms with Gasteiger partial charge in [-0.15, -0.1) is 5.10 Å². The van der Waals surface area contributed by atoms with Crippen LogP contribution in [0.2, 0.25) is 0 Å². The van der Waals surface area contributed by atoms with Gasteiger partial charge in [0.25, 0.3) is 11.6 Å². The summed E-state index contributed by atoms with van der Waals surface area (Å²) in [6.07, 6.45) is 0.842. The lowest BCUT2D eigenvalue weighted by molar-refractivity contribution is -0.384. The second kappa shape index (κ2) is 10.4. The third-order valence-electron chi connectivity index (χ3n) is 6.07. The first-order chi connectivity index (χ1) is 16.4. The van der Waals surface area contributed by atoms with Crippen LogP contribution >= 0.6 is 0 Å². The van der Waals surface area contributed by atoms with Crippen LogP contribution in [0.4, 0.5) is 11.4 Å². The minimum atomic E-state index is -0.466. The molecular weight excluding hydrogens is 434 g/mol. The Hall–Kier alpha value is -3.79. The fourth-order valence-electron chi connectivity index (χ4n) is 4.17. The number of carbonyl (C=O) groups is 1. The summed E-state index contributed by atoms with van der Waals surface area (Å²) in [5.74, 6) is -0.293. The van der Waals surface area contributed by atoms with Crippen LogP contribution in [0, 0.1) is 24.0 Å². The average Bonchev–Trinajstić information content (AvgIpc) is 3.23. The number of aryl methyl sites for hydroxylation is 1. The molecule has 2 aromatic carbocycles. The third kappa shape index (κ3) is 5.40. The number of carbonyl (C=O) groups excluding carboxylic acids is 1. The first-order valence-corrected chi connectivity index (χ1v) is 11.4. The topological polar surface area (TPSA) is 109 Å². The van der Waals surface area contributed by atoms with Crippen molar-refractivity contribution >= 4 is 17.3 Å². The average molecular weight is 464 g/mol. The molecule has 0 radical (unpaired) electrons. The van der Waals surface area contributed by atoms with E-state index in [1.54, 1.807) is 19.1 Å². The van der Waals surface area contributed by atoms with Gasteiger partial charge in [-0.1, -0.05) is 23.4 Å². The van der Waals surface area contributed by atoms with E-state index in [0.717, 1.165) is 39.1 Å². The molecule has 178 valence electrons. The number of hydrogen-bond acceptors (Lipinski definition) is 7. The van der Waals surface area contributed by atoms with Crippen molar-refractivity contribution in [2.75, 3.05) is 44.2 Å². The fourth-order valence-corrected chi connectivity index (χ4v) is 4.17. The highest BCUT2D eigenvalue weighted by Gasteiger charge is 2.19. The van der Waals surface area contributed by atoms with Gasteiger partial charge in [0.1, 0.15) is 0 Å². The quantitative estimate of drug-likeness (QED) is 0.311. The van der Waals surface area contributed by atoms with Crippen LogP contribution in [-0.2, 0) is 0 Å². The summed E-state index contributed by atoms with van der Waals surface area (Å²) in [5.41, 5.74) is 3.75. The lowest BCUT2D eigenvalue weighted by atomic mass is 10.2. The molecule has 1 aromatic heterocycles. The first-order valence-electron chi connectivity index (χ1n) is 11.4. The summed E-state index contributed by atoms with van der Waals surface area (Å²) >= 11 is 0. The monoisotopic (exact) mass is 463 g/mol. The van der Waals surface area contributed by atoms with Gasteiger partial charge in [-0.3, -0.25) is 19.8 Å². The van der Waals surface area contributed by atoms with Crippen LogP contribution in [0.1, 0.15) is 28.2 Å². The number of anilines is 1. The Bertz CT molecular complexity index is 1170. The second-order valence-electron chi connectivity index (χ2n) is 8.49. The maximum absolute atomic E-state index is 12.6. The largest absolute Gasteiger partial charge is 0.369 e. The number of benzene rings is 2. The zero-order chi connectivity index (χ0) is 24.1. The van der Waals surface area contributed by atoms with E-state index < -0.39 is 4.92 Å². The molecule has 1 aliphatic heterocycles. The van der Waals surface area contributed by atoms with Gasteiger partial charge in [-0.25, -0.2) is 4.68 Å². The van der Waals surface area contributed by atoms with E-state index in [4.69, 9.17) is 0 Å². The molecule has 0 unspecified atom stereocenters. The van der Waals surface area contributed by atoms with E-state index in [-0.39, 0.29) is 17.3 Å². The van der Waals surface area contributed by atoms with Crippen LogP contribution < -0.4 is 10.2 Å². The van der Waals surface area contributed by atoms with Crippen molar-refractivity contribution in [2.45, 2.75) is 20.3 Å². The van der Waals surface area contributed by atoms with Gasteiger partial charge in [0.15, 0.2) is 5.69 Å². The van der Waals surface area contributed by atoms with Crippen molar-refractivity contribution in [1.29, 1.82) is 0 Å². The van der Waals surface area contributed by atoms with Crippen LogP contribution in [0.3, 0.4) is 0 Å². The Labute approximate surface area is 198 Å². The first kappa shape index (κ1) is 23.4. The highest BCUT2D eigenvalue weighted by Crippen LogP contribution is 2.19. The molecule has 1 aliphatic rings. The SMILES string of the molecule is Cc1cccc(N2CCN(CCCNC(=O)c3nnn(-c4cccc([N+](=O)[O-])c4)c3C)CC2)c1. The molecule has 0 spiro atoms. The maximum atomic E-state index is 12.6. The minimum Gasteiger partial charge on any atom is -0.369 e. The molecule has 1 fully saturated rings. The molecule has 10 nitrogen and oxygen atoms in total. The summed E-state index contributed by atoms with van der Waals surface area (Å²) < 4.78 is 1.44. The van der Waals surface area contributed by atoms with Crippen LogP contribution in [0.5, 0.6) is 0 Å². The van der Waals surface area contributed by atoms with Crippen molar-refractivity contribution in [3.8, 4) is 5.69 Å². The van der Waals surface area contributed by atoms with E-state index in [2.05, 4.69) is 56.6 Å². The molecule has 1 saturated heterocycles. The smallest absolute Gasteiger partial charge is 0.273 e. The summed E-state index contributed by atoms with van der Waals surface area (Å²) in [7, 11) is 0. The van der Waals surface area contributed by atoms with Crippen molar-refractivity contribution < 1.29 is 9.72 Å². The molecule has 3 aromatic rings. The summed E-state index contributed by atoms with van der Waals surface area (Å²) in [6, 6.07) is 14.7. The number of aromatic nitrogens is 3.